The second-order valence-electron chi connectivity index (χ2n) is 1.98. The van der Waals surface area contributed by atoms with Crippen LogP contribution in [0.3, 0.4) is 0 Å². The summed E-state index contributed by atoms with van der Waals surface area (Å²) < 4.78 is 4.75. The van der Waals surface area contributed by atoms with E-state index in [-0.39, 0.29) is 5.97 Å². The van der Waals surface area contributed by atoms with Crippen molar-refractivity contribution < 1.29 is 9.53 Å². The van der Waals surface area contributed by atoms with Crippen molar-refractivity contribution in [2.45, 2.75) is 6.92 Å². The molecule has 0 bridgehead atoms. The molecule has 0 aromatic heterocycles. The van der Waals surface area contributed by atoms with Crippen LogP contribution in [-0.2, 0) is 9.53 Å². The summed E-state index contributed by atoms with van der Waals surface area (Å²) in [5.74, 6) is -0.321. The van der Waals surface area contributed by atoms with Gasteiger partial charge in [0, 0.05) is 0 Å². The lowest BCUT2D eigenvalue weighted by Gasteiger charge is -2.08. The smallest absolute Gasteiger partial charge is 0.354 e. The fraction of sp³-hybridized carbons (Fsp3) is 0.429. The van der Waals surface area contributed by atoms with Crippen molar-refractivity contribution in [3.05, 3.63) is 11.8 Å². The van der Waals surface area contributed by atoms with Gasteiger partial charge in [0.25, 0.3) is 0 Å². The van der Waals surface area contributed by atoms with Gasteiger partial charge in [0.2, 0.25) is 0 Å². The molecule has 1 aliphatic rings. The molecule has 1 heterocycles. The van der Waals surface area contributed by atoms with Gasteiger partial charge >= 0.3 is 5.97 Å². The summed E-state index contributed by atoms with van der Waals surface area (Å²) >= 11 is 0. The largest absolute Gasteiger partial charge is 0.461 e. The Morgan fingerprint density at radius 3 is 3.27 bits per heavy atom. The van der Waals surface area contributed by atoms with Crippen molar-refractivity contribution in [2.75, 3.05) is 13.2 Å². The number of hydrogen-bond acceptors (Lipinski definition) is 4. The Morgan fingerprint density at radius 2 is 2.73 bits per heavy atom. The van der Waals surface area contributed by atoms with E-state index in [2.05, 4.69) is 10.3 Å². The molecular formula is C7H10N2O2. The van der Waals surface area contributed by atoms with Crippen LogP contribution in [0.2, 0.25) is 0 Å². The van der Waals surface area contributed by atoms with E-state index in [0.717, 1.165) is 0 Å². The average molecular weight is 154 g/mol. The number of carbonyl (C=O) groups excluding carboxylic acids is 1. The fourth-order valence-electron chi connectivity index (χ4n) is 0.722. The maximum atomic E-state index is 11.0. The van der Waals surface area contributed by atoms with Crippen LogP contribution in [0.5, 0.6) is 0 Å². The molecule has 0 spiro atoms. The number of carbonyl (C=O) groups is 1. The van der Waals surface area contributed by atoms with E-state index in [9.17, 15) is 4.79 Å². The van der Waals surface area contributed by atoms with E-state index in [0.29, 0.717) is 18.8 Å². The SMILES string of the molecule is CCOC(=O)C1=CCN=CN1. The standard InChI is InChI=1S/C7H10N2O2/c1-2-11-7(10)6-3-4-8-5-9-6/h3,5H,2,4H2,1H3,(H,8,9). The van der Waals surface area contributed by atoms with Crippen molar-refractivity contribution in [1.82, 2.24) is 5.32 Å². The minimum absolute atomic E-state index is 0.321. The molecule has 0 unspecified atom stereocenters. The molecule has 4 nitrogen and oxygen atoms in total. The maximum absolute atomic E-state index is 11.0. The molecule has 4 heteroatoms. The van der Waals surface area contributed by atoms with Gasteiger partial charge in [-0.25, -0.2) is 4.79 Å². The van der Waals surface area contributed by atoms with Crippen LogP contribution in [0, 0.1) is 0 Å². The van der Waals surface area contributed by atoms with Crippen LogP contribution < -0.4 is 5.32 Å². The number of rotatable bonds is 2. The van der Waals surface area contributed by atoms with Crippen LogP contribution in [0.25, 0.3) is 0 Å². The Kier molecular flexibility index (Phi) is 2.66. The first-order valence-electron chi connectivity index (χ1n) is 3.46. The van der Waals surface area contributed by atoms with Gasteiger partial charge in [-0.15, -0.1) is 0 Å². The predicted octanol–water partition coefficient (Wildman–Crippen LogP) is 0.0649. The molecule has 0 amide bonds. The summed E-state index contributed by atoms with van der Waals surface area (Å²) in [6.45, 7) is 2.71. The third-order valence-electron chi connectivity index (χ3n) is 1.21. The molecule has 0 aromatic rings. The second kappa shape index (κ2) is 3.75. The lowest BCUT2D eigenvalue weighted by atomic mass is 10.4. The summed E-state index contributed by atoms with van der Waals surface area (Å²) in [6.07, 6.45) is 3.18. The molecule has 1 N–H and O–H groups in total. The highest BCUT2D eigenvalue weighted by molar-refractivity contribution is 5.91. The summed E-state index contributed by atoms with van der Waals surface area (Å²) in [7, 11) is 0. The van der Waals surface area contributed by atoms with Crippen LogP contribution >= 0.6 is 0 Å². The minimum atomic E-state index is -0.321. The lowest BCUT2D eigenvalue weighted by molar-refractivity contribution is -0.138. The summed E-state index contributed by atoms with van der Waals surface area (Å²) in [5, 5.41) is 2.70. The molecule has 0 saturated carbocycles. The summed E-state index contributed by atoms with van der Waals surface area (Å²) in [4.78, 5) is 14.8. The molecule has 0 saturated heterocycles. The molecule has 11 heavy (non-hydrogen) atoms. The highest BCUT2D eigenvalue weighted by Crippen LogP contribution is 1.95. The molecule has 0 radical (unpaired) electrons. The fourth-order valence-corrected chi connectivity index (χ4v) is 0.722. The molecule has 60 valence electrons. The normalized spacial score (nSPS) is 15.2. The number of nitrogens with zero attached hydrogens (tertiary/aromatic N) is 1. The van der Waals surface area contributed by atoms with Gasteiger partial charge in [-0.1, -0.05) is 0 Å². The molecule has 0 aromatic carbocycles. The van der Waals surface area contributed by atoms with Gasteiger partial charge in [-0.05, 0) is 13.0 Å². The zero-order chi connectivity index (χ0) is 8.10. The molecule has 1 aliphatic heterocycles. The van der Waals surface area contributed by atoms with Crippen LogP contribution in [-0.4, -0.2) is 25.5 Å². The Hall–Kier alpha value is -1.32. The molecule has 0 atom stereocenters. The zero-order valence-corrected chi connectivity index (χ0v) is 6.33. The number of aliphatic imine (C=N–C) groups is 1. The Morgan fingerprint density at radius 1 is 1.91 bits per heavy atom. The number of nitrogens with one attached hydrogen (secondary N) is 1. The van der Waals surface area contributed by atoms with Crippen LogP contribution in [0.1, 0.15) is 6.92 Å². The zero-order valence-electron chi connectivity index (χ0n) is 6.33. The van der Waals surface area contributed by atoms with Crippen molar-refractivity contribution in [1.29, 1.82) is 0 Å². The second-order valence-corrected chi connectivity index (χ2v) is 1.98. The highest BCUT2D eigenvalue weighted by atomic mass is 16.5. The Labute approximate surface area is 65.0 Å². The molecular weight excluding hydrogens is 144 g/mol. The third-order valence-corrected chi connectivity index (χ3v) is 1.21. The first kappa shape index (κ1) is 7.78. The van der Waals surface area contributed by atoms with Crippen molar-refractivity contribution >= 4 is 12.3 Å². The van der Waals surface area contributed by atoms with Gasteiger partial charge in [-0.3, -0.25) is 4.99 Å². The van der Waals surface area contributed by atoms with Gasteiger partial charge in [0.1, 0.15) is 5.70 Å². The number of ether oxygens (including phenoxy) is 1. The van der Waals surface area contributed by atoms with E-state index in [4.69, 9.17) is 4.74 Å². The summed E-state index contributed by atoms with van der Waals surface area (Å²) in [6, 6.07) is 0. The van der Waals surface area contributed by atoms with Crippen LogP contribution in [0.4, 0.5) is 0 Å². The highest BCUT2D eigenvalue weighted by Gasteiger charge is 2.09. The number of hydrogen-bond donors (Lipinski definition) is 1. The first-order valence-corrected chi connectivity index (χ1v) is 3.46. The molecule has 0 fully saturated rings. The van der Waals surface area contributed by atoms with Gasteiger partial charge < -0.3 is 10.1 Å². The van der Waals surface area contributed by atoms with E-state index in [1.54, 1.807) is 13.0 Å². The lowest BCUT2D eigenvalue weighted by Crippen LogP contribution is -2.23. The Bertz CT molecular complexity index is 208. The average Bonchev–Trinajstić information content (AvgIpc) is 2.07. The maximum Gasteiger partial charge on any atom is 0.354 e. The van der Waals surface area contributed by atoms with Crippen molar-refractivity contribution in [3.8, 4) is 0 Å². The third kappa shape index (κ3) is 2.07. The molecule has 0 aliphatic carbocycles. The van der Waals surface area contributed by atoms with Gasteiger partial charge in [0.05, 0.1) is 19.5 Å². The van der Waals surface area contributed by atoms with E-state index in [1.165, 1.54) is 6.34 Å². The first-order chi connectivity index (χ1) is 5.34. The van der Waals surface area contributed by atoms with E-state index >= 15 is 0 Å². The minimum Gasteiger partial charge on any atom is -0.461 e. The van der Waals surface area contributed by atoms with Crippen molar-refractivity contribution in [3.63, 3.8) is 0 Å². The topological polar surface area (TPSA) is 50.7 Å². The van der Waals surface area contributed by atoms with Crippen LogP contribution in [0.15, 0.2) is 16.8 Å². The van der Waals surface area contributed by atoms with Gasteiger partial charge in [-0.2, -0.15) is 0 Å². The van der Waals surface area contributed by atoms with E-state index < -0.39 is 0 Å². The Balaban J connectivity index is 2.46. The van der Waals surface area contributed by atoms with E-state index in [1.807, 2.05) is 0 Å². The quantitative estimate of drug-likeness (QED) is 0.572. The van der Waals surface area contributed by atoms with Gasteiger partial charge in [0.15, 0.2) is 0 Å². The van der Waals surface area contributed by atoms with Crippen molar-refractivity contribution in [2.24, 2.45) is 4.99 Å². The summed E-state index contributed by atoms with van der Waals surface area (Å²) in [5.41, 5.74) is 0.474. The molecule has 1 rings (SSSR count). The number of esters is 1. The predicted molar refractivity (Wildman–Crippen MR) is 41.2 cm³/mol. The monoisotopic (exact) mass is 154 g/mol.